The highest BCUT2D eigenvalue weighted by Crippen LogP contribution is 2.05. The van der Waals surface area contributed by atoms with Crippen LogP contribution in [0.1, 0.15) is 29.8 Å². The standard InChI is InChI=1S/C13H20N2O4S/c1-10(2)9-15-20(18,19)14-7-6-11-4-3-5-12(8-11)13(16)17/h3-5,8,10,14-15H,6-7,9H2,1-2H3,(H,16,17). The lowest BCUT2D eigenvalue weighted by atomic mass is 10.1. The minimum Gasteiger partial charge on any atom is -0.478 e. The number of carboxylic acid groups (broad SMARTS) is 1. The van der Waals surface area contributed by atoms with E-state index in [9.17, 15) is 13.2 Å². The summed E-state index contributed by atoms with van der Waals surface area (Å²) in [5.41, 5.74) is 0.972. The number of carbonyl (C=O) groups is 1. The molecule has 7 heteroatoms. The SMILES string of the molecule is CC(C)CNS(=O)(=O)NCCc1cccc(C(=O)O)c1. The fourth-order valence-electron chi connectivity index (χ4n) is 1.52. The van der Waals surface area contributed by atoms with Crippen molar-refractivity contribution in [2.24, 2.45) is 5.92 Å². The van der Waals surface area contributed by atoms with Gasteiger partial charge in [-0.3, -0.25) is 0 Å². The Bertz CT molecular complexity index is 555. The highest BCUT2D eigenvalue weighted by atomic mass is 32.2. The Morgan fingerprint density at radius 2 is 2.00 bits per heavy atom. The van der Waals surface area contributed by atoms with Gasteiger partial charge in [0.1, 0.15) is 0 Å². The van der Waals surface area contributed by atoms with Crippen LogP contribution >= 0.6 is 0 Å². The lowest BCUT2D eigenvalue weighted by Gasteiger charge is -2.10. The van der Waals surface area contributed by atoms with Crippen molar-refractivity contribution in [3.8, 4) is 0 Å². The largest absolute Gasteiger partial charge is 0.478 e. The van der Waals surface area contributed by atoms with Crippen LogP contribution in [0.25, 0.3) is 0 Å². The molecule has 0 fully saturated rings. The maximum atomic E-state index is 11.6. The summed E-state index contributed by atoms with van der Waals surface area (Å²) in [4.78, 5) is 10.8. The Morgan fingerprint density at radius 1 is 1.30 bits per heavy atom. The molecule has 0 saturated heterocycles. The number of rotatable bonds is 8. The second kappa shape index (κ2) is 7.37. The zero-order valence-electron chi connectivity index (χ0n) is 11.6. The molecular formula is C13H20N2O4S. The molecule has 0 aliphatic heterocycles. The van der Waals surface area contributed by atoms with Gasteiger partial charge >= 0.3 is 5.97 Å². The van der Waals surface area contributed by atoms with E-state index in [0.29, 0.717) is 13.0 Å². The van der Waals surface area contributed by atoms with E-state index in [-0.39, 0.29) is 18.0 Å². The number of carboxylic acids is 1. The first-order valence-corrected chi connectivity index (χ1v) is 7.85. The van der Waals surface area contributed by atoms with E-state index < -0.39 is 16.2 Å². The van der Waals surface area contributed by atoms with E-state index >= 15 is 0 Å². The van der Waals surface area contributed by atoms with Gasteiger partial charge in [0.2, 0.25) is 0 Å². The van der Waals surface area contributed by atoms with Crippen LogP contribution in [-0.2, 0) is 16.6 Å². The van der Waals surface area contributed by atoms with E-state index in [1.807, 2.05) is 13.8 Å². The summed E-state index contributed by atoms with van der Waals surface area (Å²) in [5, 5.41) is 8.86. The molecule has 1 rings (SSSR count). The Balaban J connectivity index is 2.48. The number of benzene rings is 1. The predicted octanol–water partition coefficient (Wildman–Crippen LogP) is 1.01. The molecular weight excluding hydrogens is 280 g/mol. The minimum absolute atomic E-state index is 0.197. The molecule has 0 saturated carbocycles. The number of hydrogen-bond donors (Lipinski definition) is 3. The zero-order valence-corrected chi connectivity index (χ0v) is 12.4. The van der Waals surface area contributed by atoms with Crippen molar-refractivity contribution in [3.05, 3.63) is 35.4 Å². The summed E-state index contributed by atoms with van der Waals surface area (Å²) in [5.74, 6) is -0.759. The normalized spacial score (nSPS) is 11.8. The van der Waals surface area contributed by atoms with Crippen LogP contribution in [0.3, 0.4) is 0 Å². The quantitative estimate of drug-likeness (QED) is 0.667. The lowest BCUT2D eigenvalue weighted by Crippen LogP contribution is -2.39. The van der Waals surface area contributed by atoms with Crippen LogP contribution < -0.4 is 9.44 Å². The predicted molar refractivity (Wildman–Crippen MR) is 76.9 cm³/mol. The number of nitrogens with one attached hydrogen (secondary N) is 2. The van der Waals surface area contributed by atoms with Crippen molar-refractivity contribution in [2.45, 2.75) is 20.3 Å². The van der Waals surface area contributed by atoms with Gasteiger partial charge in [-0.1, -0.05) is 26.0 Å². The molecule has 0 aromatic heterocycles. The molecule has 112 valence electrons. The molecule has 1 aromatic rings. The van der Waals surface area contributed by atoms with Crippen LogP contribution in [0.4, 0.5) is 0 Å². The molecule has 0 aliphatic rings. The van der Waals surface area contributed by atoms with E-state index in [1.165, 1.54) is 12.1 Å². The Kier molecular flexibility index (Phi) is 6.12. The topological polar surface area (TPSA) is 95.5 Å². The van der Waals surface area contributed by atoms with Gasteiger partial charge in [0.05, 0.1) is 5.56 Å². The third-order valence-electron chi connectivity index (χ3n) is 2.56. The fourth-order valence-corrected chi connectivity index (χ4v) is 2.54. The molecule has 6 nitrogen and oxygen atoms in total. The van der Waals surface area contributed by atoms with Crippen molar-refractivity contribution in [2.75, 3.05) is 13.1 Å². The molecule has 1 aromatic carbocycles. The van der Waals surface area contributed by atoms with Crippen molar-refractivity contribution < 1.29 is 18.3 Å². The van der Waals surface area contributed by atoms with Gasteiger partial charge in [-0.15, -0.1) is 0 Å². The van der Waals surface area contributed by atoms with Crippen molar-refractivity contribution >= 4 is 16.2 Å². The average Bonchev–Trinajstić information content (AvgIpc) is 2.37. The molecule has 3 N–H and O–H groups in total. The first-order valence-electron chi connectivity index (χ1n) is 6.36. The first-order chi connectivity index (χ1) is 9.30. The van der Waals surface area contributed by atoms with Gasteiger partial charge in [-0.2, -0.15) is 8.42 Å². The monoisotopic (exact) mass is 300 g/mol. The van der Waals surface area contributed by atoms with Gasteiger partial charge in [-0.25, -0.2) is 14.2 Å². The summed E-state index contributed by atoms with van der Waals surface area (Å²) in [6, 6.07) is 6.45. The van der Waals surface area contributed by atoms with E-state index in [0.717, 1.165) is 5.56 Å². The Labute approximate surface area is 119 Å². The minimum atomic E-state index is -3.49. The van der Waals surface area contributed by atoms with Gasteiger partial charge in [0, 0.05) is 13.1 Å². The van der Waals surface area contributed by atoms with Crippen LogP contribution in [0.5, 0.6) is 0 Å². The van der Waals surface area contributed by atoms with Crippen LogP contribution in [0, 0.1) is 5.92 Å². The molecule has 0 amide bonds. The molecule has 20 heavy (non-hydrogen) atoms. The lowest BCUT2D eigenvalue weighted by molar-refractivity contribution is 0.0696. The molecule has 0 aliphatic carbocycles. The Morgan fingerprint density at radius 3 is 2.60 bits per heavy atom. The summed E-state index contributed by atoms with van der Waals surface area (Å²) in [6.07, 6.45) is 0.434. The molecule has 0 spiro atoms. The summed E-state index contributed by atoms with van der Waals surface area (Å²) < 4.78 is 28.0. The maximum Gasteiger partial charge on any atom is 0.335 e. The van der Waals surface area contributed by atoms with Crippen LogP contribution in [0.2, 0.25) is 0 Å². The number of hydrogen-bond acceptors (Lipinski definition) is 3. The molecule has 0 atom stereocenters. The van der Waals surface area contributed by atoms with Gasteiger partial charge < -0.3 is 5.11 Å². The molecule has 0 radical (unpaired) electrons. The molecule has 0 unspecified atom stereocenters. The highest BCUT2D eigenvalue weighted by molar-refractivity contribution is 7.87. The second-order valence-electron chi connectivity index (χ2n) is 4.90. The summed E-state index contributed by atoms with van der Waals surface area (Å²) in [7, 11) is -3.49. The van der Waals surface area contributed by atoms with Gasteiger partial charge in [-0.05, 0) is 30.0 Å². The summed E-state index contributed by atoms with van der Waals surface area (Å²) in [6.45, 7) is 4.43. The maximum absolute atomic E-state index is 11.6. The first kappa shape index (κ1) is 16.6. The van der Waals surface area contributed by atoms with Crippen molar-refractivity contribution in [1.29, 1.82) is 0 Å². The van der Waals surface area contributed by atoms with Crippen molar-refractivity contribution in [3.63, 3.8) is 0 Å². The fraction of sp³-hybridized carbons (Fsp3) is 0.462. The van der Waals surface area contributed by atoms with E-state index in [4.69, 9.17) is 5.11 Å². The van der Waals surface area contributed by atoms with Gasteiger partial charge in [0.15, 0.2) is 0 Å². The highest BCUT2D eigenvalue weighted by Gasteiger charge is 2.09. The molecule has 0 heterocycles. The summed E-state index contributed by atoms with van der Waals surface area (Å²) >= 11 is 0. The smallest absolute Gasteiger partial charge is 0.335 e. The van der Waals surface area contributed by atoms with E-state index in [2.05, 4.69) is 9.44 Å². The van der Waals surface area contributed by atoms with Crippen LogP contribution in [-0.4, -0.2) is 32.6 Å². The third-order valence-corrected chi connectivity index (χ3v) is 3.69. The van der Waals surface area contributed by atoms with Gasteiger partial charge in [0.25, 0.3) is 10.2 Å². The third kappa shape index (κ3) is 6.14. The average molecular weight is 300 g/mol. The zero-order chi connectivity index (χ0) is 15.2. The van der Waals surface area contributed by atoms with Crippen LogP contribution in [0.15, 0.2) is 24.3 Å². The van der Waals surface area contributed by atoms with E-state index in [1.54, 1.807) is 12.1 Å². The Hall–Kier alpha value is -1.44. The van der Waals surface area contributed by atoms with Crippen molar-refractivity contribution in [1.82, 2.24) is 9.44 Å². The molecule has 0 bridgehead atoms. The second-order valence-corrected chi connectivity index (χ2v) is 6.48. The number of aromatic carboxylic acids is 1.